The van der Waals surface area contributed by atoms with Gasteiger partial charge in [-0.2, -0.15) is 0 Å². The largest absolute Gasteiger partial charge is 0.487 e. The van der Waals surface area contributed by atoms with Crippen molar-refractivity contribution in [2.45, 2.75) is 31.7 Å². The third kappa shape index (κ3) is 3.99. The van der Waals surface area contributed by atoms with Crippen LogP contribution in [0.25, 0.3) is 5.65 Å². The molecule has 2 aliphatic rings. The summed E-state index contributed by atoms with van der Waals surface area (Å²) < 4.78 is 13.8. The van der Waals surface area contributed by atoms with E-state index in [0.29, 0.717) is 18.7 Å². The third-order valence-corrected chi connectivity index (χ3v) is 6.44. The Bertz CT molecular complexity index is 1280. The number of rotatable bonds is 6. The molecule has 0 bridgehead atoms. The Labute approximate surface area is 197 Å². The average molecular weight is 455 g/mol. The molecule has 7 heteroatoms. The van der Waals surface area contributed by atoms with Crippen molar-refractivity contribution in [3.63, 3.8) is 0 Å². The maximum atomic E-state index is 13.4. The van der Waals surface area contributed by atoms with E-state index in [0.717, 1.165) is 47.8 Å². The standard InChI is InChI=1S/C27H26N4O3/c32-27-23-7-1-2-8-24(23)29-26(31(27)17-22-6-5-15-33-22)19-10-12-21(13-11-19)34-18-20-16-30-14-4-3-9-25(30)28-20/h1-4,7-14,16,22,26,29H,5-6,15,17-18H2/t22-,26+/m1/s1. The highest BCUT2D eigenvalue weighted by molar-refractivity contribution is 6.01. The van der Waals surface area contributed by atoms with Crippen molar-refractivity contribution in [1.29, 1.82) is 0 Å². The molecule has 2 atom stereocenters. The second-order valence-electron chi connectivity index (χ2n) is 8.74. The second-order valence-corrected chi connectivity index (χ2v) is 8.74. The van der Waals surface area contributed by atoms with Gasteiger partial charge in [0.05, 0.1) is 17.4 Å². The summed E-state index contributed by atoms with van der Waals surface area (Å²) in [7, 11) is 0. The molecular weight excluding hydrogens is 428 g/mol. The number of carbonyl (C=O) groups is 1. The van der Waals surface area contributed by atoms with Gasteiger partial charge in [-0.3, -0.25) is 4.79 Å². The lowest BCUT2D eigenvalue weighted by molar-refractivity contribution is 0.0427. The molecule has 6 rings (SSSR count). The molecule has 2 aromatic carbocycles. The Morgan fingerprint density at radius 2 is 1.91 bits per heavy atom. The highest BCUT2D eigenvalue weighted by Crippen LogP contribution is 2.34. The maximum absolute atomic E-state index is 13.4. The fourth-order valence-corrected chi connectivity index (χ4v) is 4.71. The zero-order valence-electron chi connectivity index (χ0n) is 18.8. The number of carbonyl (C=O) groups excluding carboxylic acids is 1. The summed E-state index contributed by atoms with van der Waals surface area (Å²) in [6.45, 7) is 1.72. The zero-order valence-corrected chi connectivity index (χ0v) is 18.8. The van der Waals surface area contributed by atoms with Crippen LogP contribution < -0.4 is 10.1 Å². The highest BCUT2D eigenvalue weighted by Gasteiger charge is 2.35. The van der Waals surface area contributed by atoms with Crippen LogP contribution in [0.15, 0.2) is 79.1 Å². The number of nitrogens with zero attached hydrogens (tertiary/aromatic N) is 3. The molecule has 1 fully saturated rings. The zero-order chi connectivity index (χ0) is 22.9. The monoisotopic (exact) mass is 454 g/mol. The van der Waals surface area contributed by atoms with Crippen LogP contribution in [0.2, 0.25) is 0 Å². The molecule has 0 radical (unpaired) electrons. The minimum absolute atomic E-state index is 0.0297. The normalized spacial score (nSPS) is 19.8. The van der Waals surface area contributed by atoms with Crippen LogP contribution >= 0.6 is 0 Å². The number of ether oxygens (including phenoxy) is 2. The number of hydrogen-bond donors (Lipinski definition) is 1. The van der Waals surface area contributed by atoms with Gasteiger partial charge in [0.25, 0.3) is 5.91 Å². The predicted octanol–water partition coefficient (Wildman–Crippen LogP) is 4.66. The Kier molecular flexibility index (Phi) is 5.39. The number of para-hydroxylation sites is 1. The summed E-state index contributed by atoms with van der Waals surface area (Å²) in [5.74, 6) is 0.788. The molecule has 4 heterocycles. The van der Waals surface area contributed by atoms with Crippen molar-refractivity contribution < 1.29 is 14.3 Å². The van der Waals surface area contributed by atoms with Crippen LogP contribution in [0.3, 0.4) is 0 Å². The molecule has 34 heavy (non-hydrogen) atoms. The molecular formula is C27H26N4O3. The van der Waals surface area contributed by atoms with Gasteiger partial charge >= 0.3 is 0 Å². The Morgan fingerprint density at radius 1 is 1.06 bits per heavy atom. The first kappa shape index (κ1) is 20.7. The van der Waals surface area contributed by atoms with Crippen LogP contribution in [0.5, 0.6) is 5.75 Å². The van der Waals surface area contributed by atoms with Crippen LogP contribution in [0, 0.1) is 0 Å². The van der Waals surface area contributed by atoms with Gasteiger partial charge in [0.15, 0.2) is 0 Å². The molecule has 1 N–H and O–H groups in total. The molecule has 1 amide bonds. The van der Waals surface area contributed by atoms with E-state index in [1.54, 1.807) is 0 Å². The number of amides is 1. The summed E-state index contributed by atoms with van der Waals surface area (Å²) in [6.07, 6.45) is 5.78. The molecule has 1 saturated heterocycles. The summed E-state index contributed by atoms with van der Waals surface area (Å²) in [5.41, 5.74) is 4.32. The molecule has 0 saturated carbocycles. The minimum atomic E-state index is -0.265. The van der Waals surface area contributed by atoms with Gasteiger partial charge in [0.2, 0.25) is 0 Å². The number of hydrogen-bond acceptors (Lipinski definition) is 5. The Morgan fingerprint density at radius 3 is 2.74 bits per heavy atom. The lowest BCUT2D eigenvalue weighted by Gasteiger charge is -2.39. The first-order valence-electron chi connectivity index (χ1n) is 11.7. The number of anilines is 1. The molecule has 2 aliphatic heterocycles. The Hall–Kier alpha value is -3.84. The van der Waals surface area contributed by atoms with Crippen molar-refractivity contribution in [1.82, 2.24) is 14.3 Å². The number of pyridine rings is 1. The smallest absolute Gasteiger partial charge is 0.257 e. The van der Waals surface area contributed by atoms with E-state index in [4.69, 9.17) is 9.47 Å². The van der Waals surface area contributed by atoms with Gasteiger partial charge in [-0.15, -0.1) is 0 Å². The highest BCUT2D eigenvalue weighted by atomic mass is 16.5. The minimum Gasteiger partial charge on any atom is -0.487 e. The average Bonchev–Trinajstić information content (AvgIpc) is 3.54. The van der Waals surface area contributed by atoms with Gasteiger partial charge in [0.1, 0.15) is 24.2 Å². The van der Waals surface area contributed by atoms with E-state index < -0.39 is 0 Å². The van der Waals surface area contributed by atoms with Crippen LogP contribution in [-0.4, -0.2) is 39.4 Å². The molecule has 4 aromatic rings. The lowest BCUT2D eigenvalue weighted by atomic mass is 10.0. The molecule has 0 aliphatic carbocycles. The number of benzene rings is 2. The predicted molar refractivity (Wildman–Crippen MR) is 129 cm³/mol. The van der Waals surface area contributed by atoms with Gasteiger partial charge in [-0.1, -0.05) is 30.3 Å². The number of imidazole rings is 1. The van der Waals surface area contributed by atoms with E-state index >= 15 is 0 Å². The summed E-state index contributed by atoms with van der Waals surface area (Å²) in [5, 5.41) is 3.56. The molecule has 0 spiro atoms. The van der Waals surface area contributed by atoms with Crippen molar-refractivity contribution in [3.05, 3.63) is 95.9 Å². The van der Waals surface area contributed by atoms with Gasteiger partial charge in [0, 0.05) is 31.2 Å². The Balaban J connectivity index is 1.21. The van der Waals surface area contributed by atoms with Crippen molar-refractivity contribution in [2.24, 2.45) is 0 Å². The summed E-state index contributed by atoms with van der Waals surface area (Å²) in [6, 6.07) is 21.5. The van der Waals surface area contributed by atoms with E-state index in [9.17, 15) is 4.79 Å². The fourth-order valence-electron chi connectivity index (χ4n) is 4.71. The van der Waals surface area contributed by atoms with Crippen molar-refractivity contribution in [2.75, 3.05) is 18.5 Å². The van der Waals surface area contributed by atoms with Gasteiger partial charge in [-0.25, -0.2) is 4.98 Å². The van der Waals surface area contributed by atoms with Crippen molar-refractivity contribution in [3.8, 4) is 5.75 Å². The topological polar surface area (TPSA) is 68.1 Å². The van der Waals surface area contributed by atoms with E-state index in [2.05, 4.69) is 10.3 Å². The number of nitrogens with one attached hydrogen (secondary N) is 1. The molecule has 0 unspecified atom stereocenters. The summed E-state index contributed by atoms with van der Waals surface area (Å²) in [4.78, 5) is 19.9. The molecule has 172 valence electrons. The van der Waals surface area contributed by atoms with E-state index in [-0.39, 0.29) is 18.2 Å². The van der Waals surface area contributed by atoms with Crippen LogP contribution in [-0.2, 0) is 11.3 Å². The van der Waals surface area contributed by atoms with E-state index in [1.807, 2.05) is 88.4 Å². The number of fused-ring (bicyclic) bond motifs is 2. The third-order valence-electron chi connectivity index (χ3n) is 6.44. The molecule has 7 nitrogen and oxygen atoms in total. The van der Waals surface area contributed by atoms with Crippen LogP contribution in [0.4, 0.5) is 5.69 Å². The fraction of sp³-hybridized carbons (Fsp3) is 0.259. The first-order chi connectivity index (χ1) is 16.7. The quantitative estimate of drug-likeness (QED) is 0.459. The molecule has 2 aromatic heterocycles. The summed E-state index contributed by atoms with van der Waals surface area (Å²) >= 11 is 0. The second kappa shape index (κ2) is 8.83. The van der Waals surface area contributed by atoms with Crippen molar-refractivity contribution >= 4 is 17.2 Å². The lowest BCUT2D eigenvalue weighted by Crippen LogP contribution is -2.46. The number of aromatic nitrogens is 2. The van der Waals surface area contributed by atoms with Gasteiger partial charge in [-0.05, 0) is 54.8 Å². The first-order valence-corrected chi connectivity index (χ1v) is 11.7. The van der Waals surface area contributed by atoms with Gasteiger partial charge < -0.3 is 24.1 Å². The maximum Gasteiger partial charge on any atom is 0.257 e. The SMILES string of the molecule is O=C1c2ccccc2N[C@H](c2ccc(OCc3cn4ccccc4n3)cc2)N1C[C@H]1CCCO1. The van der Waals surface area contributed by atoms with E-state index in [1.165, 1.54) is 0 Å². The van der Waals surface area contributed by atoms with Crippen LogP contribution in [0.1, 0.15) is 40.6 Å².